The molecular formula is C20H12N2S. The van der Waals surface area contributed by atoms with E-state index in [9.17, 15) is 0 Å². The van der Waals surface area contributed by atoms with Crippen LogP contribution in [0.3, 0.4) is 0 Å². The Kier molecular flexibility index (Phi) is 2.69. The average molecular weight is 312 g/mol. The highest BCUT2D eigenvalue weighted by Gasteiger charge is 2.08. The number of nitrogens with zero attached hydrogens (tertiary/aromatic N) is 2. The maximum atomic E-state index is 4.24. The average Bonchev–Trinajstić information content (AvgIpc) is 3.12. The Morgan fingerprint density at radius 3 is 2.09 bits per heavy atom. The van der Waals surface area contributed by atoms with E-state index in [0.717, 1.165) is 11.3 Å². The van der Waals surface area contributed by atoms with Gasteiger partial charge in [-0.3, -0.25) is 0 Å². The molecule has 0 aliphatic carbocycles. The van der Waals surface area contributed by atoms with Crippen molar-refractivity contribution in [2.75, 3.05) is 0 Å². The number of aromatic nitrogens is 2. The lowest BCUT2D eigenvalue weighted by Crippen LogP contribution is -1.84. The van der Waals surface area contributed by atoms with E-state index in [1.165, 1.54) is 43.8 Å². The summed E-state index contributed by atoms with van der Waals surface area (Å²) in [6, 6.07) is 23.9. The fourth-order valence-corrected chi connectivity index (χ4v) is 3.68. The minimum atomic E-state index is 0.945. The monoisotopic (exact) mass is 312 g/mol. The van der Waals surface area contributed by atoms with Crippen LogP contribution in [-0.4, -0.2) is 9.59 Å². The molecule has 0 radical (unpaired) electrons. The van der Waals surface area contributed by atoms with Gasteiger partial charge in [0.15, 0.2) is 0 Å². The van der Waals surface area contributed by atoms with E-state index in [1.807, 2.05) is 5.38 Å². The molecule has 1 heterocycles. The normalized spacial score (nSPS) is 11.5. The van der Waals surface area contributed by atoms with Gasteiger partial charge in [0.2, 0.25) is 0 Å². The van der Waals surface area contributed by atoms with Gasteiger partial charge in [-0.05, 0) is 68.1 Å². The van der Waals surface area contributed by atoms with E-state index < -0.39 is 0 Å². The molecule has 1 aromatic heterocycles. The van der Waals surface area contributed by atoms with Crippen LogP contribution in [0.2, 0.25) is 0 Å². The maximum absolute atomic E-state index is 4.24. The Morgan fingerprint density at radius 1 is 0.652 bits per heavy atom. The van der Waals surface area contributed by atoms with Crippen LogP contribution < -0.4 is 0 Å². The van der Waals surface area contributed by atoms with Gasteiger partial charge in [0.25, 0.3) is 0 Å². The lowest BCUT2D eigenvalue weighted by Gasteiger charge is -2.08. The number of benzene rings is 4. The molecular weight excluding hydrogens is 300 g/mol. The Bertz CT molecular complexity index is 1160. The maximum Gasteiger partial charge on any atom is 0.106 e. The molecule has 0 N–H and O–H groups in total. The highest BCUT2D eigenvalue weighted by Crippen LogP contribution is 2.32. The first-order chi connectivity index (χ1) is 11.4. The Morgan fingerprint density at radius 2 is 1.35 bits per heavy atom. The van der Waals surface area contributed by atoms with Gasteiger partial charge < -0.3 is 0 Å². The number of hydrogen-bond donors (Lipinski definition) is 0. The first kappa shape index (κ1) is 12.7. The Hall–Kier alpha value is -2.78. The minimum Gasteiger partial charge on any atom is -0.138 e. The van der Waals surface area contributed by atoms with Crippen molar-refractivity contribution in [3.63, 3.8) is 0 Å². The smallest absolute Gasteiger partial charge is 0.106 e. The highest BCUT2D eigenvalue weighted by molar-refractivity contribution is 7.03. The molecule has 0 saturated heterocycles. The summed E-state index contributed by atoms with van der Waals surface area (Å²) < 4.78 is 4.00. The first-order valence-electron chi connectivity index (χ1n) is 7.51. The van der Waals surface area contributed by atoms with Gasteiger partial charge in [-0.2, -0.15) is 0 Å². The molecule has 5 rings (SSSR count). The predicted molar refractivity (Wildman–Crippen MR) is 97.9 cm³/mol. The molecule has 108 valence electrons. The van der Waals surface area contributed by atoms with Crippen LogP contribution in [0.25, 0.3) is 43.6 Å². The molecule has 0 aliphatic heterocycles. The first-order valence-corrected chi connectivity index (χ1v) is 8.35. The van der Waals surface area contributed by atoms with Crippen molar-refractivity contribution in [1.29, 1.82) is 0 Å². The quantitative estimate of drug-likeness (QED) is 0.373. The second-order valence-electron chi connectivity index (χ2n) is 5.72. The summed E-state index contributed by atoms with van der Waals surface area (Å²) in [5, 5.41) is 13.8. The van der Waals surface area contributed by atoms with Crippen molar-refractivity contribution >= 4 is 43.8 Å². The molecule has 0 aliphatic rings. The Labute approximate surface area is 137 Å². The fourth-order valence-electron chi connectivity index (χ4n) is 3.22. The predicted octanol–water partition coefficient (Wildman–Crippen LogP) is 5.66. The summed E-state index contributed by atoms with van der Waals surface area (Å²) >= 11 is 1.39. The van der Waals surface area contributed by atoms with Crippen LogP contribution in [0.15, 0.2) is 72.1 Å². The summed E-state index contributed by atoms with van der Waals surface area (Å²) in [6.45, 7) is 0. The van der Waals surface area contributed by atoms with Crippen molar-refractivity contribution in [3.8, 4) is 11.3 Å². The zero-order chi connectivity index (χ0) is 15.2. The molecule has 2 nitrogen and oxygen atoms in total. The molecule has 0 atom stereocenters. The van der Waals surface area contributed by atoms with Crippen LogP contribution in [0.5, 0.6) is 0 Å². The molecule has 0 saturated carbocycles. The van der Waals surface area contributed by atoms with Gasteiger partial charge in [-0.1, -0.05) is 47.0 Å². The third-order valence-electron chi connectivity index (χ3n) is 4.34. The standard InChI is InChI=1S/C20H12N2S/c1-2-5-14-9-17-11-19-15(10-16(17)8-13(14)4-1)6-3-7-18(19)20-12-23-22-21-20/h1-12H. The summed E-state index contributed by atoms with van der Waals surface area (Å²) in [5.41, 5.74) is 2.09. The van der Waals surface area contributed by atoms with Gasteiger partial charge >= 0.3 is 0 Å². The van der Waals surface area contributed by atoms with E-state index in [-0.39, 0.29) is 0 Å². The molecule has 4 aromatic carbocycles. The molecule has 23 heavy (non-hydrogen) atoms. The molecule has 0 unspecified atom stereocenters. The zero-order valence-electron chi connectivity index (χ0n) is 12.2. The lowest BCUT2D eigenvalue weighted by atomic mass is 9.96. The fraction of sp³-hybridized carbons (Fsp3) is 0. The molecule has 0 spiro atoms. The summed E-state index contributed by atoms with van der Waals surface area (Å²) in [6.07, 6.45) is 0. The van der Waals surface area contributed by atoms with E-state index >= 15 is 0 Å². The third-order valence-corrected chi connectivity index (χ3v) is 4.84. The number of fused-ring (bicyclic) bond motifs is 3. The van der Waals surface area contributed by atoms with Crippen molar-refractivity contribution in [2.45, 2.75) is 0 Å². The van der Waals surface area contributed by atoms with E-state index in [4.69, 9.17) is 0 Å². The lowest BCUT2D eigenvalue weighted by molar-refractivity contribution is 1.16. The van der Waals surface area contributed by atoms with Crippen molar-refractivity contribution in [2.24, 2.45) is 0 Å². The van der Waals surface area contributed by atoms with Crippen LogP contribution in [0.1, 0.15) is 0 Å². The topological polar surface area (TPSA) is 25.8 Å². The van der Waals surface area contributed by atoms with E-state index in [0.29, 0.717) is 0 Å². The van der Waals surface area contributed by atoms with Gasteiger partial charge in [0.05, 0.1) is 0 Å². The van der Waals surface area contributed by atoms with Crippen LogP contribution >= 0.6 is 11.5 Å². The molecule has 0 amide bonds. The third kappa shape index (κ3) is 2.01. The molecule has 0 bridgehead atoms. The van der Waals surface area contributed by atoms with Crippen molar-refractivity contribution in [1.82, 2.24) is 9.59 Å². The SMILES string of the molecule is c1ccc2cc3cc4c(-c5csnn5)cccc4cc3cc2c1. The highest BCUT2D eigenvalue weighted by atomic mass is 32.1. The second kappa shape index (κ2) is 4.86. The number of hydrogen-bond acceptors (Lipinski definition) is 3. The van der Waals surface area contributed by atoms with Gasteiger partial charge in [0, 0.05) is 10.9 Å². The van der Waals surface area contributed by atoms with Crippen molar-refractivity contribution < 1.29 is 0 Å². The van der Waals surface area contributed by atoms with Crippen LogP contribution in [0.4, 0.5) is 0 Å². The van der Waals surface area contributed by atoms with Gasteiger partial charge in [0.1, 0.15) is 5.69 Å². The Balaban J connectivity index is 1.89. The summed E-state index contributed by atoms with van der Waals surface area (Å²) in [7, 11) is 0. The largest absolute Gasteiger partial charge is 0.138 e. The zero-order valence-corrected chi connectivity index (χ0v) is 13.0. The minimum absolute atomic E-state index is 0.945. The molecule has 5 aromatic rings. The van der Waals surface area contributed by atoms with Gasteiger partial charge in [-0.25, -0.2) is 0 Å². The van der Waals surface area contributed by atoms with Crippen LogP contribution in [-0.2, 0) is 0 Å². The second-order valence-corrected chi connectivity index (χ2v) is 6.33. The summed E-state index contributed by atoms with van der Waals surface area (Å²) in [5.74, 6) is 0. The molecule has 3 heteroatoms. The number of rotatable bonds is 1. The molecule has 0 fully saturated rings. The van der Waals surface area contributed by atoms with Gasteiger partial charge in [-0.15, -0.1) is 5.10 Å². The van der Waals surface area contributed by atoms with E-state index in [2.05, 4.69) is 76.3 Å². The van der Waals surface area contributed by atoms with Crippen LogP contribution in [0, 0.1) is 0 Å². The van der Waals surface area contributed by atoms with Crippen molar-refractivity contribution in [3.05, 3.63) is 72.1 Å². The van der Waals surface area contributed by atoms with E-state index in [1.54, 1.807) is 0 Å². The summed E-state index contributed by atoms with van der Waals surface area (Å²) in [4.78, 5) is 0.